The van der Waals surface area contributed by atoms with Gasteiger partial charge in [0.2, 0.25) is 10.0 Å². The predicted octanol–water partition coefficient (Wildman–Crippen LogP) is 2.81. The Labute approximate surface area is 184 Å². The number of aryl methyl sites for hydroxylation is 2. The third-order valence-electron chi connectivity index (χ3n) is 6.35. The second-order valence-electron chi connectivity index (χ2n) is 8.74. The maximum absolute atomic E-state index is 13.3. The molecule has 3 heterocycles. The predicted molar refractivity (Wildman–Crippen MR) is 120 cm³/mol. The van der Waals surface area contributed by atoms with Gasteiger partial charge >= 0.3 is 0 Å². The van der Waals surface area contributed by atoms with E-state index in [4.69, 9.17) is 0 Å². The van der Waals surface area contributed by atoms with Crippen LogP contribution in [0.1, 0.15) is 53.0 Å². The number of piperidine rings is 1. The molecule has 0 aliphatic carbocycles. The van der Waals surface area contributed by atoms with Crippen LogP contribution in [0.2, 0.25) is 0 Å². The first-order valence-corrected chi connectivity index (χ1v) is 12.6. The molecule has 1 aromatic heterocycles. The van der Waals surface area contributed by atoms with Crippen LogP contribution in [-0.4, -0.2) is 61.3 Å². The Balaban J connectivity index is 1.44. The summed E-state index contributed by atoms with van der Waals surface area (Å²) in [6.45, 7) is 7.44. The fourth-order valence-electron chi connectivity index (χ4n) is 4.76. The summed E-state index contributed by atoms with van der Waals surface area (Å²) >= 11 is 0. The third kappa shape index (κ3) is 4.86. The Morgan fingerprint density at radius 3 is 2.32 bits per heavy atom. The van der Waals surface area contributed by atoms with Crippen molar-refractivity contribution in [1.29, 1.82) is 0 Å². The molecule has 8 heteroatoms. The lowest BCUT2D eigenvalue weighted by Gasteiger charge is -2.32. The van der Waals surface area contributed by atoms with Gasteiger partial charge in [0, 0.05) is 50.2 Å². The van der Waals surface area contributed by atoms with E-state index < -0.39 is 10.0 Å². The molecular formula is C23H32N4O3S. The number of likely N-dealkylation sites (tertiary alicyclic amines) is 2. The summed E-state index contributed by atoms with van der Waals surface area (Å²) in [5.41, 5.74) is 2.71. The monoisotopic (exact) mass is 444 g/mol. The van der Waals surface area contributed by atoms with Crippen molar-refractivity contribution in [2.75, 3.05) is 26.2 Å². The maximum atomic E-state index is 13.3. The van der Waals surface area contributed by atoms with Crippen molar-refractivity contribution < 1.29 is 13.2 Å². The summed E-state index contributed by atoms with van der Waals surface area (Å²) in [4.78, 5) is 20.4. The van der Waals surface area contributed by atoms with Crippen LogP contribution >= 0.6 is 0 Å². The highest BCUT2D eigenvalue weighted by Gasteiger charge is 2.34. The lowest BCUT2D eigenvalue weighted by molar-refractivity contribution is 0.0788. The molecule has 2 saturated heterocycles. The number of benzene rings is 1. The minimum atomic E-state index is -3.80. The summed E-state index contributed by atoms with van der Waals surface area (Å²) in [6.07, 6.45) is 3.44. The van der Waals surface area contributed by atoms with E-state index in [0.29, 0.717) is 30.0 Å². The summed E-state index contributed by atoms with van der Waals surface area (Å²) in [7, 11) is -3.80. The van der Waals surface area contributed by atoms with E-state index in [1.165, 1.54) is 5.56 Å². The van der Waals surface area contributed by atoms with E-state index >= 15 is 0 Å². The van der Waals surface area contributed by atoms with Gasteiger partial charge in [-0.05, 0) is 45.1 Å². The number of rotatable bonds is 6. The molecule has 1 amide bonds. The summed E-state index contributed by atoms with van der Waals surface area (Å²) in [5.74, 6) is -0.183. The Kier molecular flexibility index (Phi) is 6.50. The largest absolute Gasteiger partial charge is 0.361 e. The van der Waals surface area contributed by atoms with Crippen LogP contribution in [0.4, 0.5) is 0 Å². The van der Waals surface area contributed by atoms with Crippen LogP contribution in [-0.2, 0) is 16.6 Å². The van der Waals surface area contributed by atoms with Crippen molar-refractivity contribution in [1.82, 2.24) is 19.5 Å². The molecule has 2 fully saturated rings. The van der Waals surface area contributed by atoms with Crippen LogP contribution < -0.4 is 4.72 Å². The maximum Gasteiger partial charge on any atom is 0.257 e. The molecule has 1 aromatic carbocycles. The molecule has 0 bridgehead atoms. The van der Waals surface area contributed by atoms with Crippen LogP contribution in [0.15, 0.2) is 35.2 Å². The number of hydrogen-bond donors (Lipinski definition) is 2. The molecule has 2 aromatic rings. The summed E-state index contributed by atoms with van der Waals surface area (Å²) in [6, 6.07) is 10.2. The second-order valence-corrected chi connectivity index (χ2v) is 10.4. The van der Waals surface area contributed by atoms with Crippen molar-refractivity contribution in [3.8, 4) is 0 Å². The normalized spacial score (nSPS) is 18.6. The number of H-pyrrole nitrogens is 1. The smallest absolute Gasteiger partial charge is 0.257 e. The molecule has 168 valence electrons. The number of amides is 1. The van der Waals surface area contributed by atoms with Gasteiger partial charge in [0.15, 0.2) is 0 Å². The summed E-state index contributed by atoms with van der Waals surface area (Å²) in [5, 5.41) is 0. The molecule has 0 atom stereocenters. The standard InChI is InChI=1S/C23H32N4O3S/c1-17-21(23(28)27-12-6-7-13-27)22(18(2)24-17)31(29,30)25-20-10-14-26(15-11-20)16-19-8-4-3-5-9-19/h3-5,8-9,20,24-25H,6-7,10-16H2,1-2H3. The Morgan fingerprint density at radius 1 is 1.03 bits per heavy atom. The van der Waals surface area contributed by atoms with E-state index in [0.717, 1.165) is 45.3 Å². The van der Waals surface area contributed by atoms with Gasteiger partial charge in [-0.2, -0.15) is 0 Å². The van der Waals surface area contributed by atoms with Crippen LogP contribution in [0.25, 0.3) is 0 Å². The average molecular weight is 445 g/mol. The van der Waals surface area contributed by atoms with Crippen molar-refractivity contribution in [2.45, 2.75) is 57.0 Å². The molecule has 2 aliphatic rings. The molecule has 7 nitrogen and oxygen atoms in total. The van der Waals surface area contributed by atoms with Crippen molar-refractivity contribution in [3.63, 3.8) is 0 Å². The number of sulfonamides is 1. The third-order valence-corrected chi connectivity index (χ3v) is 8.04. The van der Waals surface area contributed by atoms with Gasteiger partial charge in [-0.1, -0.05) is 30.3 Å². The number of carbonyl (C=O) groups is 1. The molecule has 0 spiro atoms. The van der Waals surface area contributed by atoms with Crippen molar-refractivity contribution >= 4 is 15.9 Å². The van der Waals surface area contributed by atoms with Gasteiger partial charge in [-0.3, -0.25) is 9.69 Å². The van der Waals surface area contributed by atoms with Gasteiger partial charge in [0.1, 0.15) is 4.90 Å². The first-order chi connectivity index (χ1) is 14.8. The molecule has 4 rings (SSSR count). The van der Waals surface area contributed by atoms with Gasteiger partial charge in [-0.25, -0.2) is 13.1 Å². The van der Waals surface area contributed by atoms with E-state index in [2.05, 4.69) is 26.7 Å². The highest BCUT2D eigenvalue weighted by atomic mass is 32.2. The van der Waals surface area contributed by atoms with E-state index in [1.807, 2.05) is 18.2 Å². The average Bonchev–Trinajstić information content (AvgIpc) is 3.37. The van der Waals surface area contributed by atoms with Crippen LogP contribution in [0, 0.1) is 13.8 Å². The molecule has 0 radical (unpaired) electrons. The molecule has 2 N–H and O–H groups in total. The first kappa shape index (κ1) is 22.0. The minimum Gasteiger partial charge on any atom is -0.361 e. The van der Waals surface area contributed by atoms with Crippen molar-refractivity contribution in [3.05, 3.63) is 52.8 Å². The van der Waals surface area contributed by atoms with E-state index in [1.54, 1.807) is 18.7 Å². The zero-order valence-electron chi connectivity index (χ0n) is 18.4. The van der Waals surface area contributed by atoms with Crippen molar-refractivity contribution in [2.24, 2.45) is 0 Å². The summed E-state index contributed by atoms with van der Waals surface area (Å²) < 4.78 is 29.6. The van der Waals surface area contributed by atoms with Gasteiger partial charge < -0.3 is 9.88 Å². The number of nitrogens with zero attached hydrogens (tertiary/aromatic N) is 2. The van der Waals surface area contributed by atoms with E-state index in [9.17, 15) is 13.2 Å². The molecule has 2 aliphatic heterocycles. The number of aromatic nitrogens is 1. The number of carbonyl (C=O) groups excluding carboxylic acids is 1. The highest BCUT2D eigenvalue weighted by Crippen LogP contribution is 2.27. The Morgan fingerprint density at radius 2 is 1.68 bits per heavy atom. The molecular weight excluding hydrogens is 412 g/mol. The van der Waals surface area contributed by atoms with Gasteiger partial charge in [0.05, 0.1) is 5.56 Å². The lowest BCUT2D eigenvalue weighted by Crippen LogP contribution is -2.44. The number of aromatic amines is 1. The number of nitrogens with one attached hydrogen (secondary N) is 2. The fraction of sp³-hybridized carbons (Fsp3) is 0.522. The number of hydrogen-bond acceptors (Lipinski definition) is 4. The zero-order valence-corrected chi connectivity index (χ0v) is 19.2. The van der Waals surface area contributed by atoms with Crippen LogP contribution in [0.3, 0.4) is 0 Å². The van der Waals surface area contributed by atoms with Gasteiger partial charge in [0.25, 0.3) is 5.91 Å². The fourth-order valence-corrected chi connectivity index (χ4v) is 6.51. The molecule has 0 unspecified atom stereocenters. The quantitative estimate of drug-likeness (QED) is 0.718. The van der Waals surface area contributed by atoms with E-state index in [-0.39, 0.29) is 16.8 Å². The second kappa shape index (κ2) is 9.14. The lowest BCUT2D eigenvalue weighted by atomic mass is 10.1. The molecule has 0 saturated carbocycles. The highest BCUT2D eigenvalue weighted by molar-refractivity contribution is 7.89. The minimum absolute atomic E-state index is 0.119. The SMILES string of the molecule is Cc1[nH]c(C)c(S(=O)(=O)NC2CCN(Cc3ccccc3)CC2)c1C(=O)N1CCCC1. The Hall–Kier alpha value is -2.16. The van der Waals surface area contributed by atoms with Gasteiger partial charge in [-0.15, -0.1) is 0 Å². The topological polar surface area (TPSA) is 85.5 Å². The Bertz CT molecular complexity index is 1020. The zero-order chi connectivity index (χ0) is 22.0. The molecule has 31 heavy (non-hydrogen) atoms. The van der Waals surface area contributed by atoms with Crippen LogP contribution in [0.5, 0.6) is 0 Å². The first-order valence-electron chi connectivity index (χ1n) is 11.1.